The highest BCUT2D eigenvalue weighted by Crippen LogP contribution is 2.24. The molecule has 0 aromatic carbocycles. The second-order valence-electron chi connectivity index (χ2n) is 6.79. The number of aryl methyl sites for hydroxylation is 1. The SMILES string of the molecule is CC(C)CNc1cc(C(N)CCc2ccc[n+]([O-])c2)n2ncc(Br)c2n1. The lowest BCUT2D eigenvalue weighted by Gasteiger charge is -2.16. The average Bonchev–Trinajstić information content (AvgIpc) is 2.98. The van der Waals surface area contributed by atoms with Crippen LogP contribution < -0.4 is 15.8 Å². The van der Waals surface area contributed by atoms with Crippen molar-refractivity contribution < 1.29 is 4.73 Å². The van der Waals surface area contributed by atoms with Gasteiger partial charge in [-0.05, 0) is 40.8 Å². The van der Waals surface area contributed by atoms with Crippen LogP contribution in [0.25, 0.3) is 5.65 Å². The van der Waals surface area contributed by atoms with Crippen LogP contribution in [0.15, 0.2) is 41.3 Å². The van der Waals surface area contributed by atoms with Crippen molar-refractivity contribution in [2.75, 3.05) is 11.9 Å². The summed E-state index contributed by atoms with van der Waals surface area (Å²) < 4.78 is 3.41. The molecule has 0 aliphatic carbocycles. The fourth-order valence-corrected chi connectivity index (χ4v) is 3.09. The maximum Gasteiger partial charge on any atom is 0.183 e. The van der Waals surface area contributed by atoms with Crippen molar-refractivity contribution in [2.45, 2.75) is 32.7 Å². The van der Waals surface area contributed by atoms with Gasteiger partial charge in [0.15, 0.2) is 18.0 Å². The third-order valence-corrected chi connectivity index (χ3v) is 4.67. The number of nitrogens with one attached hydrogen (secondary N) is 1. The monoisotopic (exact) mass is 418 g/mol. The zero-order valence-corrected chi connectivity index (χ0v) is 16.5. The fraction of sp³-hybridized carbons (Fsp3) is 0.389. The fourth-order valence-electron chi connectivity index (χ4n) is 2.74. The van der Waals surface area contributed by atoms with E-state index < -0.39 is 0 Å². The summed E-state index contributed by atoms with van der Waals surface area (Å²) in [5, 5.41) is 19.2. The summed E-state index contributed by atoms with van der Waals surface area (Å²) in [5.74, 6) is 1.30. The molecule has 0 amide bonds. The van der Waals surface area contributed by atoms with Crippen LogP contribution in [0.1, 0.15) is 37.6 Å². The van der Waals surface area contributed by atoms with Gasteiger partial charge in [0.1, 0.15) is 5.82 Å². The van der Waals surface area contributed by atoms with Crippen molar-refractivity contribution in [2.24, 2.45) is 11.7 Å². The van der Waals surface area contributed by atoms with Crippen LogP contribution in [0.2, 0.25) is 0 Å². The van der Waals surface area contributed by atoms with Crippen molar-refractivity contribution in [1.82, 2.24) is 14.6 Å². The van der Waals surface area contributed by atoms with Crippen LogP contribution in [-0.2, 0) is 6.42 Å². The van der Waals surface area contributed by atoms with Crippen LogP contribution in [-0.4, -0.2) is 21.1 Å². The van der Waals surface area contributed by atoms with E-state index in [0.717, 1.165) is 38.5 Å². The Morgan fingerprint density at radius 2 is 2.23 bits per heavy atom. The predicted octanol–water partition coefficient (Wildman–Crippen LogP) is 2.83. The summed E-state index contributed by atoms with van der Waals surface area (Å²) in [6.45, 7) is 5.13. The number of hydrogen-bond acceptors (Lipinski definition) is 5. The number of fused-ring (bicyclic) bond motifs is 1. The van der Waals surface area contributed by atoms with Crippen molar-refractivity contribution >= 4 is 27.4 Å². The van der Waals surface area contributed by atoms with Gasteiger partial charge in [0.05, 0.1) is 16.4 Å². The molecule has 0 fully saturated rings. The van der Waals surface area contributed by atoms with E-state index in [1.807, 2.05) is 12.1 Å². The van der Waals surface area contributed by atoms with Crippen LogP contribution >= 0.6 is 15.9 Å². The number of nitrogens with zero attached hydrogens (tertiary/aromatic N) is 4. The highest BCUT2D eigenvalue weighted by Gasteiger charge is 2.16. The lowest BCUT2D eigenvalue weighted by molar-refractivity contribution is -0.605. The Morgan fingerprint density at radius 1 is 1.42 bits per heavy atom. The van der Waals surface area contributed by atoms with Crippen LogP contribution in [0.4, 0.5) is 5.82 Å². The Hall–Kier alpha value is -2.19. The Morgan fingerprint density at radius 3 is 2.96 bits per heavy atom. The van der Waals surface area contributed by atoms with Crippen LogP contribution in [0, 0.1) is 11.1 Å². The van der Waals surface area contributed by atoms with E-state index in [1.165, 1.54) is 6.20 Å². The molecule has 0 spiro atoms. The van der Waals surface area contributed by atoms with E-state index in [4.69, 9.17) is 5.73 Å². The quantitative estimate of drug-likeness (QED) is 0.454. The van der Waals surface area contributed by atoms with Crippen molar-refractivity contribution in [3.63, 3.8) is 0 Å². The minimum atomic E-state index is -0.229. The summed E-state index contributed by atoms with van der Waals surface area (Å²) in [6.07, 6.45) is 6.19. The molecule has 1 atom stereocenters. The third-order valence-electron chi connectivity index (χ3n) is 4.11. The van der Waals surface area contributed by atoms with Gasteiger partial charge in [-0.2, -0.15) is 9.83 Å². The molecule has 7 nitrogen and oxygen atoms in total. The summed E-state index contributed by atoms with van der Waals surface area (Å²) >= 11 is 3.50. The molecule has 3 rings (SSSR count). The molecule has 0 aliphatic heterocycles. The molecule has 138 valence electrons. The minimum Gasteiger partial charge on any atom is -0.619 e. The van der Waals surface area contributed by atoms with Crippen molar-refractivity contribution in [1.29, 1.82) is 0 Å². The van der Waals surface area contributed by atoms with Gasteiger partial charge in [-0.3, -0.25) is 0 Å². The molecule has 0 saturated carbocycles. The van der Waals surface area contributed by atoms with E-state index in [-0.39, 0.29) is 6.04 Å². The van der Waals surface area contributed by atoms with Crippen LogP contribution in [0.5, 0.6) is 0 Å². The van der Waals surface area contributed by atoms with Gasteiger partial charge < -0.3 is 16.3 Å². The molecule has 0 aliphatic rings. The number of rotatable bonds is 7. The summed E-state index contributed by atoms with van der Waals surface area (Å²) in [4.78, 5) is 4.62. The molecule has 3 N–H and O–H groups in total. The van der Waals surface area contributed by atoms with E-state index in [9.17, 15) is 5.21 Å². The first-order valence-electron chi connectivity index (χ1n) is 8.65. The number of anilines is 1. The van der Waals surface area contributed by atoms with Gasteiger partial charge in [-0.15, -0.1) is 0 Å². The summed E-state index contributed by atoms with van der Waals surface area (Å²) in [6, 6.07) is 5.41. The molecule has 8 heteroatoms. The topological polar surface area (TPSA) is 95.2 Å². The van der Waals surface area contributed by atoms with E-state index in [0.29, 0.717) is 18.8 Å². The Bertz CT molecular complexity index is 895. The van der Waals surface area contributed by atoms with Crippen molar-refractivity contribution in [3.05, 3.63) is 57.7 Å². The number of aromatic nitrogens is 4. The number of halogens is 1. The van der Waals surface area contributed by atoms with Gasteiger partial charge >= 0.3 is 0 Å². The maximum absolute atomic E-state index is 11.4. The summed E-state index contributed by atoms with van der Waals surface area (Å²) in [7, 11) is 0. The molecule has 3 aromatic heterocycles. The molecule has 0 bridgehead atoms. The van der Waals surface area contributed by atoms with Gasteiger partial charge in [-0.1, -0.05) is 13.8 Å². The van der Waals surface area contributed by atoms with E-state index in [1.54, 1.807) is 23.0 Å². The van der Waals surface area contributed by atoms with E-state index >= 15 is 0 Å². The minimum absolute atomic E-state index is 0.229. The highest BCUT2D eigenvalue weighted by molar-refractivity contribution is 9.10. The average molecular weight is 419 g/mol. The number of pyridine rings is 1. The zero-order chi connectivity index (χ0) is 18.7. The van der Waals surface area contributed by atoms with Gasteiger partial charge in [0.2, 0.25) is 0 Å². The molecule has 0 saturated heterocycles. The van der Waals surface area contributed by atoms with Gasteiger partial charge in [0.25, 0.3) is 0 Å². The Labute approximate surface area is 161 Å². The van der Waals surface area contributed by atoms with Gasteiger partial charge in [-0.25, -0.2) is 9.50 Å². The smallest absolute Gasteiger partial charge is 0.183 e. The highest BCUT2D eigenvalue weighted by atomic mass is 79.9. The molecular weight excluding hydrogens is 396 g/mol. The zero-order valence-electron chi connectivity index (χ0n) is 14.9. The number of nitrogens with two attached hydrogens (primary N) is 1. The summed E-state index contributed by atoms with van der Waals surface area (Å²) in [5.41, 5.74) is 9.05. The molecule has 3 heterocycles. The second kappa shape index (κ2) is 8.01. The first kappa shape index (κ1) is 18.6. The third kappa shape index (κ3) is 4.31. The second-order valence-corrected chi connectivity index (χ2v) is 7.64. The molecule has 0 radical (unpaired) electrons. The normalized spacial score (nSPS) is 12.7. The first-order valence-corrected chi connectivity index (χ1v) is 9.44. The van der Waals surface area contributed by atoms with E-state index in [2.05, 4.69) is 45.2 Å². The molecule has 26 heavy (non-hydrogen) atoms. The number of hydrogen-bond donors (Lipinski definition) is 2. The molecule has 1 unspecified atom stereocenters. The Balaban J connectivity index is 1.84. The van der Waals surface area contributed by atoms with Crippen LogP contribution in [0.3, 0.4) is 0 Å². The lowest BCUT2D eigenvalue weighted by Crippen LogP contribution is -2.25. The van der Waals surface area contributed by atoms with Gasteiger partial charge in [0, 0.05) is 30.3 Å². The molecular formula is C18H23BrN6O. The maximum atomic E-state index is 11.4. The van der Waals surface area contributed by atoms with Crippen molar-refractivity contribution in [3.8, 4) is 0 Å². The Kier molecular flexibility index (Phi) is 5.73. The lowest BCUT2D eigenvalue weighted by atomic mass is 10.0. The first-order chi connectivity index (χ1) is 12.4. The predicted molar refractivity (Wildman–Crippen MR) is 105 cm³/mol. The largest absolute Gasteiger partial charge is 0.619 e. The standard InChI is InChI=1S/C18H23BrN6O/c1-12(2)9-21-17-8-16(25-18(23-17)14(19)10-22-25)15(20)6-5-13-4-3-7-24(26)11-13/h3-4,7-8,10-12,15H,5-6,9,20H2,1-2H3,(H,21,23). The molecule has 3 aromatic rings.